The molecule has 1 rings (SSSR count). The molecule has 0 saturated carbocycles. The molecule has 7 heteroatoms. The number of thioether (sulfide) groups is 1. The van der Waals surface area contributed by atoms with Gasteiger partial charge in [-0.1, -0.05) is 18.7 Å². The van der Waals surface area contributed by atoms with E-state index in [1.807, 2.05) is 27.7 Å². The Kier molecular flexibility index (Phi) is 5.22. The first-order valence-electron chi connectivity index (χ1n) is 6.38. The van der Waals surface area contributed by atoms with Crippen LogP contribution in [0, 0.1) is 0 Å². The van der Waals surface area contributed by atoms with Gasteiger partial charge < -0.3 is 5.32 Å². The fraction of sp³-hybridized carbons (Fsp3) is 0.750. The van der Waals surface area contributed by atoms with Crippen molar-refractivity contribution in [2.24, 2.45) is 0 Å². The van der Waals surface area contributed by atoms with Gasteiger partial charge in [0.05, 0.1) is 5.25 Å². The van der Waals surface area contributed by atoms with E-state index in [2.05, 4.69) is 15.5 Å². The van der Waals surface area contributed by atoms with Gasteiger partial charge in [-0.15, -0.1) is 5.10 Å². The Morgan fingerprint density at radius 1 is 1.53 bits per heavy atom. The van der Waals surface area contributed by atoms with E-state index in [1.165, 1.54) is 11.8 Å². The SMILES string of the molecule is CCCn1c(S[C@H](C)C(=O)NC(C)(C)C)n[nH]c1=O. The van der Waals surface area contributed by atoms with Crippen molar-refractivity contribution in [3.05, 3.63) is 10.5 Å². The summed E-state index contributed by atoms with van der Waals surface area (Å²) in [6.45, 7) is 10.2. The second-order valence-electron chi connectivity index (χ2n) is 5.46. The fourth-order valence-corrected chi connectivity index (χ4v) is 2.38. The largest absolute Gasteiger partial charge is 0.351 e. The second kappa shape index (κ2) is 6.27. The Morgan fingerprint density at radius 3 is 2.68 bits per heavy atom. The summed E-state index contributed by atoms with van der Waals surface area (Å²) in [6, 6.07) is 0. The smallest absolute Gasteiger partial charge is 0.343 e. The third-order valence-corrected chi connectivity index (χ3v) is 3.41. The minimum atomic E-state index is -0.301. The van der Waals surface area contributed by atoms with E-state index in [4.69, 9.17) is 0 Å². The molecule has 1 amide bonds. The highest BCUT2D eigenvalue weighted by Gasteiger charge is 2.22. The summed E-state index contributed by atoms with van der Waals surface area (Å²) in [6.07, 6.45) is 0.843. The molecule has 0 spiro atoms. The zero-order chi connectivity index (χ0) is 14.6. The van der Waals surface area contributed by atoms with Crippen molar-refractivity contribution in [3.8, 4) is 0 Å². The molecule has 108 valence electrons. The number of carbonyl (C=O) groups excluding carboxylic acids is 1. The molecule has 0 aromatic carbocycles. The first-order valence-corrected chi connectivity index (χ1v) is 7.26. The predicted octanol–water partition coefficient (Wildman–Crippen LogP) is 1.38. The monoisotopic (exact) mass is 286 g/mol. The van der Waals surface area contributed by atoms with Crippen molar-refractivity contribution in [2.75, 3.05) is 0 Å². The molecule has 2 N–H and O–H groups in total. The van der Waals surface area contributed by atoms with Crippen LogP contribution in [-0.2, 0) is 11.3 Å². The van der Waals surface area contributed by atoms with Crippen LogP contribution in [0.4, 0.5) is 0 Å². The maximum atomic E-state index is 12.0. The maximum Gasteiger partial charge on any atom is 0.343 e. The highest BCUT2D eigenvalue weighted by Crippen LogP contribution is 2.20. The minimum Gasteiger partial charge on any atom is -0.351 e. The van der Waals surface area contributed by atoms with Gasteiger partial charge in [0, 0.05) is 12.1 Å². The van der Waals surface area contributed by atoms with Crippen LogP contribution in [0.1, 0.15) is 41.0 Å². The molecule has 0 aliphatic carbocycles. The Hall–Kier alpha value is -1.24. The third kappa shape index (κ3) is 4.74. The number of rotatable bonds is 5. The number of carbonyl (C=O) groups is 1. The molecule has 1 aromatic rings. The molecule has 0 aliphatic rings. The number of amides is 1. The Balaban J connectivity index is 2.74. The van der Waals surface area contributed by atoms with Crippen LogP contribution in [0.25, 0.3) is 0 Å². The lowest BCUT2D eigenvalue weighted by Crippen LogP contribution is -2.44. The molecule has 0 unspecified atom stereocenters. The second-order valence-corrected chi connectivity index (χ2v) is 6.77. The standard InChI is InChI=1S/C12H22N4O2S/c1-6-7-16-10(18)14-15-11(16)19-8(2)9(17)13-12(3,4)5/h8H,6-7H2,1-5H3,(H,13,17)(H,14,18)/t8-/m1/s1. The van der Waals surface area contributed by atoms with Gasteiger partial charge in [0.2, 0.25) is 5.91 Å². The lowest BCUT2D eigenvalue weighted by Gasteiger charge is -2.22. The highest BCUT2D eigenvalue weighted by atomic mass is 32.2. The Bertz CT molecular complexity index is 487. The van der Waals surface area contributed by atoms with E-state index < -0.39 is 0 Å². The van der Waals surface area contributed by atoms with Gasteiger partial charge in [0.25, 0.3) is 0 Å². The molecule has 1 aromatic heterocycles. The van der Waals surface area contributed by atoms with Crippen LogP contribution in [0.3, 0.4) is 0 Å². The molecule has 0 fully saturated rings. The van der Waals surface area contributed by atoms with Gasteiger partial charge >= 0.3 is 5.69 Å². The fourth-order valence-electron chi connectivity index (χ4n) is 1.50. The molecule has 1 atom stereocenters. The number of aromatic amines is 1. The van der Waals surface area contributed by atoms with E-state index in [1.54, 1.807) is 11.5 Å². The minimum absolute atomic E-state index is 0.0593. The van der Waals surface area contributed by atoms with Gasteiger partial charge in [0.1, 0.15) is 0 Å². The average molecular weight is 286 g/mol. The van der Waals surface area contributed by atoms with Crippen LogP contribution < -0.4 is 11.0 Å². The van der Waals surface area contributed by atoms with E-state index in [0.29, 0.717) is 11.7 Å². The van der Waals surface area contributed by atoms with E-state index in [0.717, 1.165) is 6.42 Å². The normalized spacial score (nSPS) is 13.3. The first kappa shape index (κ1) is 15.8. The lowest BCUT2D eigenvalue weighted by molar-refractivity contribution is -0.121. The van der Waals surface area contributed by atoms with Gasteiger partial charge in [-0.3, -0.25) is 9.36 Å². The summed E-state index contributed by atoms with van der Waals surface area (Å²) in [5, 5.41) is 9.55. The molecule has 19 heavy (non-hydrogen) atoms. The summed E-state index contributed by atoms with van der Waals surface area (Å²) in [5.74, 6) is -0.0593. The number of aromatic nitrogens is 3. The molecule has 0 radical (unpaired) electrons. The van der Waals surface area contributed by atoms with Crippen LogP contribution in [-0.4, -0.2) is 31.5 Å². The van der Waals surface area contributed by atoms with Gasteiger partial charge in [0.15, 0.2) is 5.16 Å². The Labute approximate surface area is 117 Å². The van der Waals surface area contributed by atoms with Crippen molar-refractivity contribution in [3.63, 3.8) is 0 Å². The summed E-state index contributed by atoms with van der Waals surface area (Å²) >= 11 is 1.29. The van der Waals surface area contributed by atoms with Crippen molar-refractivity contribution in [1.82, 2.24) is 20.1 Å². The summed E-state index contributed by atoms with van der Waals surface area (Å²) in [5.41, 5.74) is -0.492. The summed E-state index contributed by atoms with van der Waals surface area (Å²) in [7, 11) is 0. The zero-order valence-corrected chi connectivity index (χ0v) is 12.9. The molecule has 0 aliphatic heterocycles. The third-order valence-electron chi connectivity index (χ3n) is 2.32. The topological polar surface area (TPSA) is 79.8 Å². The maximum absolute atomic E-state index is 12.0. The zero-order valence-electron chi connectivity index (χ0n) is 12.1. The number of H-pyrrole nitrogens is 1. The van der Waals surface area contributed by atoms with Crippen LogP contribution in [0.2, 0.25) is 0 Å². The number of hydrogen-bond donors (Lipinski definition) is 2. The molecule has 6 nitrogen and oxygen atoms in total. The first-order chi connectivity index (χ1) is 8.74. The van der Waals surface area contributed by atoms with Gasteiger partial charge in [-0.05, 0) is 34.1 Å². The van der Waals surface area contributed by atoms with Crippen molar-refractivity contribution >= 4 is 17.7 Å². The van der Waals surface area contributed by atoms with E-state index in [9.17, 15) is 9.59 Å². The number of hydrogen-bond acceptors (Lipinski definition) is 4. The number of nitrogens with zero attached hydrogens (tertiary/aromatic N) is 2. The summed E-state index contributed by atoms with van der Waals surface area (Å²) < 4.78 is 1.56. The predicted molar refractivity (Wildman–Crippen MR) is 76.4 cm³/mol. The molecule has 0 bridgehead atoms. The number of nitrogens with one attached hydrogen (secondary N) is 2. The van der Waals surface area contributed by atoms with Crippen molar-refractivity contribution in [1.29, 1.82) is 0 Å². The molecular weight excluding hydrogens is 264 g/mol. The van der Waals surface area contributed by atoms with Crippen LogP contribution in [0.5, 0.6) is 0 Å². The van der Waals surface area contributed by atoms with Crippen molar-refractivity contribution in [2.45, 2.75) is 63.5 Å². The van der Waals surface area contributed by atoms with Crippen LogP contribution >= 0.6 is 11.8 Å². The quantitative estimate of drug-likeness (QED) is 0.801. The summed E-state index contributed by atoms with van der Waals surface area (Å²) in [4.78, 5) is 23.5. The molecule has 0 saturated heterocycles. The van der Waals surface area contributed by atoms with Gasteiger partial charge in [-0.2, -0.15) is 0 Å². The lowest BCUT2D eigenvalue weighted by atomic mass is 10.1. The van der Waals surface area contributed by atoms with Crippen LogP contribution in [0.15, 0.2) is 9.95 Å². The molecular formula is C12H22N4O2S. The Morgan fingerprint density at radius 2 is 2.16 bits per heavy atom. The average Bonchev–Trinajstić information content (AvgIpc) is 2.59. The van der Waals surface area contributed by atoms with Gasteiger partial charge in [-0.25, -0.2) is 9.89 Å². The van der Waals surface area contributed by atoms with E-state index in [-0.39, 0.29) is 22.4 Å². The molecule has 1 heterocycles. The van der Waals surface area contributed by atoms with E-state index >= 15 is 0 Å². The van der Waals surface area contributed by atoms with Crippen molar-refractivity contribution < 1.29 is 4.79 Å². The highest BCUT2D eigenvalue weighted by molar-refractivity contribution is 8.00.